The van der Waals surface area contributed by atoms with Crippen molar-refractivity contribution in [2.45, 2.75) is 50.4 Å². The minimum atomic E-state index is -4.67. The molecule has 0 radical (unpaired) electrons. The van der Waals surface area contributed by atoms with Crippen LogP contribution >= 0.6 is 0 Å². The van der Waals surface area contributed by atoms with Gasteiger partial charge >= 0.3 is 75.1 Å². The quantitative estimate of drug-likeness (QED) is 0.312. The van der Waals surface area contributed by atoms with E-state index < -0.39 is 17.8 Å². The maximum atomic E-state index is 13.7. The molecule has 1 aromatic heterocycles. The van der Waals surface area contributed by atoms with Gasteiger partial charge in [-0.1, -0.05) is 30.8 Å². The summed E-state index contributed by atoms with van der Waals surface area (Å²) < 4.78 is 54.8. The van der Waals surface area contributed by atoms with Crippen LogP contribution < -0.4 is 79.5 Å². The van der Waals surface area contributed by atoms with Crippen molar-refractivity contribution in [1.29, 1.82) is 0 Å². The smallest absolute Gasteiger partial charge is 0.462 e. The first-order valence-corrected chi connectivity index (χ1v) is 12.0. The second kappa shape index (κ2) is 13.0. The van der Waals surface area contributed by atoms with E-state index in [1.54, 1.807) is 36.2 Å². The van der Waals surface area contributed by atoms with Gasteiger partial charge in [-0.25, -0.2) is 4.98 Å². The van der Waals surface area contributed by atoms with Crippen molar-refractivity contribution in [2.24, 2.45) is 5.92 Å². The molecule has 2 atom stereocenters. The fraction of sp³-hybridized carbons (Fsp3) is 0.407. The second-order valence-corrected chi connectivity index (χ2v) is 9.63. The molecule has 1 unspecified atom stereocenters. The average molecular weight is 635 g/mol. The van der Waals surface area contributed by atoms with Crippen LogP contribution in [0.15, 0.2) is 36.9 Å². The van der Waals surface area contributed by atoms with Crippen LogP contribution in [-0.2, 0) is 4.79 Å². The number of alkyl halides is 3. The number of halogens is 4. The van der Waals surface area contributed by atoms with Crippen LogP contribution in [0.4, 0.5) is 23.2 Å². The number of nitrogens with one attached hydrogen (secondary N) is 2. The third kappa shape index (κ3) is 7.83. The summed E-state index contributed by atoms with van der Waals surface area (Å²) in [5, 5.41) is 6.89. The zero-order valence-electron chi connectivity index (χ0n) is 21.2. The molecule has 2 aliphatic rings. The number of carbonyl (C=O) groups is 1. The Bertz CT molecular complexity index is 1180. The first-order chi connectivity index (χ1) is 17.1. The van der Waals surface area contributed by atoms with Crippen molar-refractivity contribution in [2.75, 3.05) is 18.9 Å². The Morgan fingerprint density at radius 2 is 2.05 bits per heavy atom. The van der Waals surface area contributed by atoms with E-state index in [4.69, 9.17) is 0 Å². The summed E-state index contributed by atoms with van der Waals surface area (Å²) in [6.45, 7) is 4.34. The molecule has 1 amide bonds. The molecule has 0 aliphatic heterocycles. The molecule has 5 nitrogen and oxygen atoms in total. The predicted molar refractivity (Wildman–Crippen MR) is 134 cm³/mol. The molecule has 2 aromatic rings. The summed E-state index contributed by atoms with van der Waals surface area (Å²) in [5.74, 6) is 0.104. The summed E-state index contributed by atoms with van der Waals surface area (Å²) in [6.07, 6.45) is 0.505. The fourth-order valence-corrected chi connectivity index (χ4v) is 4.36. The summed E-state index contributed by atoms with van der Waals surface area (Å²) >= 11 is 0. The molecule has 0 bridgehead atoms. The molecule has 2 N–H and O–H groups in total. The number of hydrogen-bond donors (Lipinski definition) is 2. The zero-order valence-corrected chi connectivity index (χ0v) is 27.4. The number of anilines is 1. The van der Waals surface area contributed by atoms with Crippen LogP contribution in [0.3, 0.4) is 0 Å². The van der Waals surface area contributed by atoms with Gasteiger partial charge in [-0.2, -0.15) is 13.2 Å². The zero-order chi connectivity index (χ0) is 26.0. The van der Waals surface area contributed by atoms with E-state index >= 15 is 0 Å². The monoisotopic (exact) mass is 635 g/mol. The number of benzene rings is 1. The van der Waals surface area contributed by atoms with Gasteiger partial charge in [0.15, 0.2) is 0 Å². The predicted octanol–water partition coefficient (Wildman–Crippen LogP) is 2.91. The molecule has 0 saturated heterocycles. The van der Waals surface area contributed by atoms with E-state index in [1.165, 1.54) is 0 Å². The van der Waals surface area contributed by atoms with Gasteiger partial charge < -0.3 is 19.9 Å². The number of fused-ring (bicyclic) bond motifs is 1. The molecular weight excluding hydrogens is 605 g/mol. The molecule has 4 rings (SSSR count). The number of allylic oxidation sites excluding steroid dienone is 1. The van der Waals surface area contributed by atoms with Gasteiger partial charge in [0, 0.05) is 28.4 Å². The van der Waals surface area contributed by atoms with Crippen LogP contribution in [0.5, 0.6) is 0 Å². The van der Waals surface area contributed by atoms with Crippen LogP contribution in [0.2, 0.25) is 0 Å². The molecule has 1 saturated carbocycles. The van der Waals surface area contributed by atoms with Gasteiger partial charge in [0.25, 0.3) is 0 Å². The molecule has 2 aliphatic carbocycles. The Hall–Kier alpha value is -0.888. The van der Waals surface area contributed by atoms with Gasteiger partial charge in [0.05, 0.1) is 17.0 Å². The van der Waals surface area contributed by atoms with Crippen molar-refractivity contribution >= 4 is 33.5 Å². The maximum absolute atomic E-state index is 13.7. The molecule has 1 aromatic carbocycles. The molecular formula is C27H30CsF4N4O-. The number of nitrogens with zero attached hydrogens (tertiary/aromatic N) is 2. The summed E-state index contributed by atoms with van der Waals surface area (Å²) in [4.78, 5) is 18.2. The summed E-state index contributed by atoms with van der Waals surface area (Å²) in [5.41, 5.74) is 0.337. The van der Waals surface area contributed by atoms with Crippen molar-refractivity contribution < 1.29 is 91.2 Å². The Balaban J connectivity index is 0.00000380. The summed E-state index contributed by atoms with van der Waals surface area (Å²) in [7, 11) is 5.53. The van der Waals surface area contributed by atoms with E-state index in [2.05, 4.69) is 29.2 Å². The number of amides is 1. The molecule has 0 spiro atoms. The number of aromatic nitrogens is 1. The third-order valence-corrected chi connectivity index (χ3v) is 6.56. The summed E-state index contributed by atoms with van der Waals surface area (Å²) in [6, 6.07) is 5.84. The number of pyridine rings is 1. The normalized spacial score (nSPS) is 18.4. The van der Waals surface area contributed by atoms with Gasteiger partial charge in [-0.05, 0) is 63.4 Å². The van der Waals surface area contributed by atoms with Crippen molar-refractivity contribution in [3.8, 4) is 0 Å². The largest absolute Gasteiger partial charge is 1.00 e. The van der Waals surface area contributed by atoms with Gasteiger partial charge in [-0.3, -0.25) is 11.8 Å². The number of rotatable bonds is 10. The first kappa shape index (κ1) is 30.7. The molecule has 10 heteroatoms. The standard InChI is InChI=1S/C27H30F4N4O.Cs/c1-16(27(29,30)31)25-21-5-4-6-23(32-20(15-28)11-12-35(2)3)22(21)14-24(34-25)18-9-10-19(13-18)33-26(36)17-7-8-17;/h4-6,9,14-15,17,19-20,32H,1-2,7-8,10-13H2,3H3,(H,33,36);/q-2;+1/t19?,20-;/m1./s1. The second-order valence-electron chi connectivity index (χ2n) is 9.63. The van der Waals surface area contributed by atoms with Crippen LogP contribution in [0.1, 0.15) is 43.5 Å². The van der Waals surface area contributed by atoms with E-state index in [9.17, 15) is 22.4 Å². The van der Waals surface area contributed by atoms with Crippen molar-refractivity contribution in [3.63, 3.8) is 0 Å². The fourth-order valence-electron chi connectivity index (χ4n) is 4.36. The molecule has 37 heavy (non-hydrogen) atoms. The minimum Gasteiger partial charge on any atom is -0.462 e. The number of carbonyl (C=O) groups excluding carboxylic acids is 1. The van der Waals surface area contributed by atoms with E-state index in [-0.39, 0.29) is 97.8 Å². The Morgan fingerprint density at radius 3 is 2.68 bits per heavy atom. The minimum absolute atomic E-state index is 0. The molecule has 194 valence electrons. The maximum Gasteiger partial charge on any atom is 1.00 e. The van der Waals surface area contributed by atoms with Crippen LogP contribution in [0.25, 0.3) is 21.9 Å². The van der Waals surface area contributed by atoms with E-state index in [1.807, 2.05) is 6.08 Å². The third-order valence-electron chi connectivity index (χ3n) is 6.56. The molecule has 1 fully saturated rings. The number of hydrogen-bond acceptors (Lipinski definition) is 4. The van der Waals surface area contributed by atoms with Gasteiger partial charge in [0.1, 0.15) is 0 Å². The van der Waals surface area contributed by atoms with Crippen molar-refractivity contribution in [1.82, 2.24) is 15.2 Å². The van der Waals surface area contributed by atoms with Gasteiger partial charge in [-0.15, -0.1) is 6.67 Å². The Labute approximate surface area is 273 Å². The van der Waals surface area contributed by atoms with E-state index in [0.29, 0.717) is 49.2 Å². The Morgan fingerprint density at radius 1 is 1.32 bits per heavy atom. The van der Waals surface area contributed by atoms with Crippen molar-refractivity contribution in [3.05, 3.63) is 62.0 Å². The molecule has 1 heterocycles. The average Bonchev–Trinajstić information content (AvgIpc) is 3.59. The SMILES string of the molecule is C=C(c1nc(C2=CCC(NC(=O)C3CC3)C2)cc2c(N[C@@H]([CH-]F)CCN([CH2-])C)cccc12)C(F)(F)F.[Cs+]. The van der Waals surface area contributed by atoms with Crippen LogP contribution in [0, 0.1) is 19.6 Å². The van der Waals surface area contributed by atoms with Crippen LogP contribution in [-0.4, -0.2) is 47.6 Å². The topological polar surface area (TPSA) is 57.3 Å². The van der Waals surface area contributed by atoms with Gasteiger partial charge in [0.2, 0.25) is 5.91 Å². The first-order valence-electron chi connectivity index (χ1n) is 12.0. The van der Waals surface area contributed by atoms with E-state index in [0.717, 1.165) is 18.4 Å². The Kier molecular flexibility index (Phi) is 10.7.